The Bertz CT molecular complexity index is 515. The topological polar surface area (TPSA) is 21.1 Å². The highest BCUT2D eigenvalue weighted by atomic mass is 15.4. The van der Waals surface area contributed by atoms with Crippen LogP contribution in [0.15, 0.2) is 5.57 Å². The zero-order valence-corrected chi connectivity index (χ0v) is 14.6. The molecule has 4 heteroatoms. The Kier molecular flexibility index (Phi) is 4.77. The molecule has 0 radical (unpaired) electrons. The molecule has 1 aliphatic heterocycles. The molecule has 0 spiro atoms. The summed E-state index contributed by atoms with van der Waals surface area (Å²) in [7, 11) is 6.71. The van der Waals surface area contributed by atoms with Gasteiger partial charge in [0, 0.05) is 18.3 Å². The summed E-state index contributed by atoms with van der Waals surface area (Å²) < 4.78 is 3.21. The predicted octanol–water partition coefficient (Wildman–Crippen LogP) is 2.69. The van der Waals surface area contributed by atoms with Gasteiger partial charge in [0.1, 0.15) is 0 Å². The van der Waals surface area contributed by atoms with Crippen molar-refractivity contribution in [3.63, 3.8) is 0 Å². The Morgan fingerprint density at radius 2 is 1.71 bits per heavy atom. The number of hydrogen-bond acceptors (Lipinski definition) is 2. The maximum absolute atomic E-state index is 4.79. The number of aryl methyl sites for hydroxylation is 1. The third kappa shape index (κ3) is 3.31. The molecule has 0 amide bonds. The molecular weight excluding hydrogens is 260 g/mol. The summed E-state index contributed by atoms with van der Waals surface area (Å²) in [6, 6.07) is 0. The molecule has 0 atom stereocenters. The van der Waals surface area contributed by atoms with Gasteiger partial charge < -0.3 is 9.38 Å². The SMILES string of the molecule is CC.CC1=Cc2c(N3CC[N+](C)(C)CC3)nn(C)c2CC1. The fourth-order valence-electron chi connectivity index (χ4n) is 3.09. The first-order valence-corrected chi connectivity index (χ1v) is 8.26. The zero-order chi connectivity index (χ0) is 15.6. The Morgan fingerprint density at radius 3 is 2.33 bits per heavy atom. The Morgan fingerprint density at radius 1 is 1.10 bits per heavy atom. The van der Waals surface area contributed by atoms with Gasteiger partial charge in [0.05, 0.1) is 40.3 Å². The molecule has 0 unspecified atom stereocenters. The van der Waals surface area contributed by atoms with Crippen LogP contribution in [0.2, 0.25) is 0 Å². The van der Waals surface area contributed by atoms with Gasteiger partial charge in [0.2, 0.25) is 0 Å². The lowest BCUT2D eigenvalue weighted by atomic mass is 9.98. The molecule has 0 saturated carbocycles. The molecule has 0 N–H and O–H groups in total. The molecule has 1 aromatic heterocycles. The van der Waals surface area contributed by atoms with Crippen LogP contribution in [0.3, 0.4) is 0 Å². The molecule has 3 rings (SSSR count). The summed E-state index contributed by atoms with van der Waals surface area (Å²) in [4.78, 5) is 2.47. The van der Waals surface area contributed by atoms with Crippen LogP contribution in [0.1, 0.15) is 38.4 Å². The van der Waals surface area contributed by atoms with Crippen LogP contribution in [0.4, 0.5) is 5.82 Å². The lowest BCUT2D eigenvalue weighted by molar-refractivity contribution is -0.890. The maximum atomic E-state index is 4.79. The fourth-order valence-corrected chi connectivity index (χ4v) is 3.09. The molecule has 4 nitrogen and oxygen atoms in total. The predicted molar refractivity (Wildman–Crippen MR) is 90.6 cm³/mol. The molecule has 2 aliphatic rings. The monoisotopic (exact) mass is 291 g/mol. The maximum Gasteiger partial charge on any atom is 0.158 e. The molecule has 2 heterocycles. The lowest BCUT2D eigenvalue weighted by Crippen LogP contribution is -2.55. The van der Waals surface area contributed by atoms with Gasteiger partial charge in [0.15, 0.2) is 5.82 Å². The molecule has 0 bridgehead atoms. The third-order valence-electron chi connectivity index (χ3n) is 4.58. The van der Waals surface area contributed by atoms with E-state index in [1.54, 1.807) is 0 Å². The van der Waals surface area contributed by atoms with Crippen molar-refractivity contribution in [1.29, 1.82) is 0 Å². The van der Waals surface area contributed by atoms with Crippen molar-refractivity contribution in [3.8, 4) is 0 Å². The summed E-state index contributed by atoms with van der Waals surface area (Å²) >= 11 is 0. The van der Waals surface area contributed by atoms with E-state index in [-0.39, 0.29) is 0 Å². The molecule has 1 aromatic rings. The van der Waals surface area contributed by atoms with Gasteiger partial charge in [0.25, 0.3) is 0 Å². The third-order valence-corrected chi connectivity index (χ3v) is 4.58. The number of fused-ring (bicyclic) bond motifs is 1. The van der Waals surface area contributed by atoms with Crippen LogP contribution in [0.25, 0.3) is 6.08 Å². The highest BCUT2D eigenvalue weighted by Crippen LogP contribution is 2.31. The van der Waals surface area contributed by atoms with Crippen LogP contribution < -0.4 is 4.90 Å². The highest BCUT2D eigenvalue weighted by molar-refractivity contribution is 5.69. The molecule has 1 aliphatic carbocycles. The second-order valence-electron chi connectivity index (χ2n) is 6.67. The number of quaternary nitrogens is 1. The van der Waals surface area contributed by atoms with E-state index < -0.39 is 0 Å². The smallest absolute Gasteiger partial charge is 0.158 e. The zero-order valence-electron chi connectivity index (χ0n) is 14.6. The van der Waals surface area contributed by atoms with Crippen molar-refractivity contribution in [2.75, 3.05) is 45.2 Å². The standard InChI is InChI=1S/C15H25N4.C2H6/c1-12-5-6-14-13(11-12)15(16-17(14)2)18-7-9-19(3,4)10-8-18;1-2/h11H,5-10H2,1-4H3;1-2H3/q+1;. The van der Waals surface area contributed by atoms with Crippen LogP contribution in [-0.4, -0.2) is 54.5 Å². The average molecular weight is 291 g/mol. The minimum Gasteiger partial charge on any atom is -0.343 e. The minimum atomic E-state index is 1.11. The fraction of sp³-hybridized carbons (Fsp3) is 0.706. The van der Waals surface area contributed by atoms with Crippen LogP contribution >= 0.6 is 0 Å². The van der Waals surface area contributed by atoms with Gasteiger partial charge in [-0.3, -0.25) is 4.68 Å². The van der Waals surface area contributed by atoms with Crippen LogP contribution in [0.5, 0.6) is 0 Å². The van der Waals surface area contributed by atoms with Gasteiger partial charge >= 0.3 is 0 Å². The molecular formula is C17H31N4+. The van der Waals surface area contributed by atoms with Gasteiger partial charge in [-0.1, -0.05) is 25.5 Å². The van der Waals surface area contributed by atoms with E-state index >= 15 is 0 Å². The van der Waals surface area contributed by atoms with E-state index in [2.05, 4.69) is 43.7 Å². The quantitative estimate of drug-likeness (QED) is 0.742. The van der Waals surface area contributed by atoms with Crippen molar-refractivity contribution in [3.05, 3.63) is 16.8 Å². The van der Waals surface area contributed by atoms with E-state index in [1.807, 2.05) is 13.8 Å². The number of anilines is 1. The van der Waals surface area contributed by atoms with E-state index in [0.29, 0.717) is 0 Å². The first-order chi connectivity index (χ1) is 9.96. The molecule has 0 aromatic carbocycles. The van der Waals surface area contributed by atoms with Gasteiger partial charge in [-0.15, -0.1) is 0 Å². The Hall–Kier alpha value is -1.29. The van der Waals surface area contributed by atoms with E-state index in [0.717, 1.165) is 24.0 Å². The first kappa shape index (κ1) is 16.1. The van der Waals surface area contributed by atoms with E-state index in [9.17, 15) is 0 Å². The average Bonchev–Trinajstić information content (AvgIpc) is 2.78. The number of aromatic nitrogens is 2. The summed E-state index contributed by atoms with van der Waals surface area (Å²) in [5.41, 5.74) is 4.26. The van der Waals surface area contributed by atoms with Crippen molar-refractivity contribution >= 4 is 11.9 Å². The first-order valence-electron chi connectivity index (χ1n) is 8.26. The number of hydrogen-bond donors (Lipinski definition) is 0. The summed E-state index contributed by atoms with van der Waals surface area (Å²) in [5.74, 6) is 1.20. The van der Waals surface area contributed by atoms with Crippen molar-refractivity contribution in [2.24, 2.45) is 7.05 Å². The van der Waals surface area contributed by atoms with Crippen molar-refractivity contribution < 1.29 is 4.48 Å². The van der Waals surface area contributed by atoms with Crippen LogP contribution in [0, 0.1) is 0 Å². The second kappa shape index (κ2) is 6.22. The number of rotatable bonds is 1. The van der Waals surface area contributed by atoms with Crippen LogP contribution in [-0.2, 0) is 13.5 Å². The second-order valence-corrected chi connectivity index (χ2v) is 6.67. The van der Waals surface area contributed by atoms with Crippen molar-refractivity contribution in [1.82, 2.24) is 9.78 Å². The Labute approximate surface area is 129 Å². The van der Waals surface area contributed by atoms with E-state index in [1.165, 1.54) is 42.2 Å². The molecule has 118 valence electrons. The van der Waals surface area contributed by atoms with Crippen molar-refractivity contribution in [2.45, 2.75) is 33.6 Å². The van der Waals surface area contributed by atoms with Gasteiger partial charge in [-0.2, -0.15) is 5.10 Å². The van der Waals surface area contributed by atoms with E-state index in [4.69, 9.17) is 5.10 Å². The highest BCUT2D eigenvalue weighted by Gasteiger charge is 2.29. The number of piperazine rings is 1. The summed E-state index contributed by atoms with van der Waals surface area (Å²) in [6.07, 6.45) is 4.65. The van der Waals surface area contributed by atoms with Gasteiger partial charge in [-0.05, 0) is 19.8 Å². The summed E-state index contributed by atoms with van der Waals surface area (Å²) in [6.45, 7) is 10.9. The molecule has 21 heavy (non-hydrogen) atoms. The number of allylic oxidation sites excluding steroid dienone is 1. The largest absolute Gasteiger partial charge is 0.343 e. The Balaban J connectivity index is 0.000000774. The number of likely N-dealkylation sites (N-methyl/N-ethyl adjacent to an activating group) is 1. The number of nitrogens with zero attached hydrogens (tertiary/aromatic N) is 4. The normalized spacial score (nSPS) is 20.3. The summed E-state index contributed by atoms with van der Waals surface area (Å²) in [5, 5.41) is 4.79. The van der Waals surface area contributed by atoms with Gasteiger partial charge in [-0.25, -0.2) is 0 Å². The molecule has 1 fully saturated rings. The molecule has 1 saturated heterocycles. The lowest BCUT2D eigenvalue weighted by Gasteiger charge is -2.39. The minimum absolute atomic E-state index is 1.11.